The number of rotatable bonds is 1. The number of nitrogens with zero attached hydrogens (tertiary/aromatic N) is 2. The van der Waals surface area contributed by atoms with Gasteiger partial charge < -0.3 is 0 Å². The summed E-state index contributed by atoms with van der Waals surface area (Å²) < 4.78 is 1.82. The SMILES string of the molecule is O=c1ncn(-c2ccccc2Cl)c2ccccc12. The number of para-hydroxylation sites is 2. The van der Waals surface area contributed by atoms with E-state index in [1.165, 1.54) is 6.33 Å². The maximum absolute atomic E-state index is 11.7. The fourth-order valence-corrected chi connectivity index (χ4v) is 2.17. The van der Waals surface area contributed by atoms with Crippen molar-refractivity contribution in [2.45, 2.75) is 0 Å². The minimum absolute atomic E-state index is 0.228. The maximum Gasteiger partial charge on any atom is 0.280 e. The number of hydrogen-bond acceptors (Lipinski definition) is 2. The highest BCUT2D eigenvalue weighted by Gasteiger charge is 2.06. The maximum atomic E-state index is 11.7. The van der Waals surface area contributed by atoms with Crippen LogP contribution >= 0.6 is 11.6 Å². The molecule has 88 valence electrons. The molecule has 0 unspecified atom stereocenters. The highest BCUT2D eigenvalue weighted by Crippen LogP contribution is 2.22. The second-order valence-electron chi connectivity index (χ2n) is 3.89. The Morgan fingerprint density at radius 3 is 2.56 bits per heavy atom. The van der Waals surface area contributed by atoms with Crippen LogP contribution in [0.1, 0.15) is 0 Å². The third-order valence-electron chi connectivity index (χ3n) is 2.80. The van der Waals surface area contributed by atoms with Crippen molar-refractivity contribution in [2.24, 2.45) is 0 Å². The molecule has 18 heavy (non-hydrogen) atoms. The molecule has 0 spiro atoms. The molecule has 0 amide bonds. The zero-order valence-corrected chi connectivity index (χ0v) is 10.1. The van der Waals surface area contributed by atoms with Gasteiger partial charge in [0.15, 0.2) is 0 Å². The summed E-state index contributed by atoms with van der Waals surface area (Å²) in [5, 5.41) is 1.20. The summed E-state index contributed by atoms with van der Waals surface area (Å²) in [6, 6.07) is 14.8. The van der Waals surface area contributed by atoms with Crippen molar-refractivity contribution in [3.05, 3.63) is 70.2 Å². The molecule has 3 rings (SSSR count). The highest BCUT2D eigenvalue weighted by atomic mass is 35.5. The molecule has 0 aliphatic heterocycles. The van der Waals surface area contributed by atoms with Crippen LogP contribution < -0.4 is 5.56 Å². The lowest BCUT2D eigenvalue weighted by atomic mass is 10.2. The Labute approximate surface area is 108 Å². The molecule has 0 saturated carbocycles. The molecule has 0 bridgehead atoms. The molecule has 3 nitrogen and oxygen atoms in total. The van der Waals surface area contributed by atoms with E-state index in [0.717, 1.165) is 11.2 Å². The normalized spacial score (nSPS) is 10.7. The monoisotopic (exact) mass is 256 g/mol. The summed E-state index contributed by atoms with van der Waals surface area (Å²) in [6.07, 6.45) is 1.51. The predicted octanol–water partition coefficient (Wildman–Crippen LogP) is 3.04. The third-order valence-corrected chi connectivity index (χ3v) is 3.12. The van der Waals surface area contributed by atoms with Gasteiger partial charge in [0.2, 0.25) is 0 Å². The van der Waals surface area contributed by atoms with Crippen molar-refractivity contribution in [1.29, 1.82) is 0 Å². The van der Waals surface area contributed by atoms with Crippen LogP contribution in [0.4, 0.5) is 0 Å². The van der Waals surface area contributed by atoms with Crippen LogP contribution in [0.15, 0.2) is 59.7 Å². The van der Waals surface area contributed by atoms with Gasteiger partial charge in [-0.25, -0.2) is 0 Å². The van der Waals surface area contributed by atoms with E-state index in [-0.39, 0.29) is 5.56 Å². The molecule has 0 saturated heterocycles. The lowest BCUT2D eigenvalue weighted by Gasteiger charge is -2.11. The van der Waals surface area contributed by atoms with Crippen molar-refractivity contribution in [1.82, 2.24) is 9.55 Å². The van der Waals surface area contributed by atoms with Gasteiger partial charge in [0.1, 0.15) is 6.33 Å². The molecular formula is C14H9ClN2O. The van der Waals surface area contributed by atoms with Gasteiger partial charge in [-0.1, -0.05) is 35.9 Å². The molecule has 0 atom stereocenters. The molecule has 0 N–H and O–H groups in total. The second kappa shape index (κ2) is 4.27. The van der Waals surface area contributed by atoms with Crippen molar-refractivity contribution >= 4 is 22.5 Å². The molecule has 0 aliphatic carbocycles. The Balaban J connectivity index is 2.41. The summed E-state index contributed by atoms with van der Waals surface area (Å²) in [7, 11) is 0. The van der Waals surface area contributed by atoms with Gasteiger partial charge in [-0.2, -0.15) is 4.98 Å². The van der Waals surface area contributed by atoms with Crippen LogP contribution in [-0.4, -0.2) is 9.55 Å². The smallest absolute Gasteiger partial charge is 0.280 e. The molecule has 0 fully saturated rings. The Hall–Kier alpha value is -2.13. The molecule has 4 heteroatoms. The van der Waals surface area contributed by atoms with Crippen molar-refractivity contribution in [3.8, 4) is 5.69 Å². The fraction of sp³-hybridized carbons (Fsp3) is 0. The summed E-state index contributed by atoms with van der Waals surface area (Å²) in [4.78, 5) is 15.6. The van der Waals surface area contributed by atoms with E-state index < -0.39 is 0 Å². The Morgan fingerprint density at radius 1 is 1.00 bits per heavy atom. The van der Waals surface area contributed by atoms with E-state index in [9.17, 15) is 4.79 Å². The average Bonchev–Trinajstić information content (AvgIpc) is 2.41. The molecule has 1 heterocycles. The fourth-order valence-electron chi connectivity index (χ4n) is 1.95. The van der Waals surface area contributed by atoms with Crippen molar-refractivity contribution in [3.63, 3.8) is 0 Å². The van der Waals surface area contributed by atoms with Crippen LogP contribution in [0.25, 0.3) is 16.6 Å². The number of halogens is 1. The number of benzene rings is 2. The largest absolute Gasteiger partial charge is 0.299 e. The van der Waals surface area contributed by atoms with E-state index in [4.69, 9.17) is 11.6 Å². The van der Waals surface area contributed by atoms with E-state index in [1.54, 1.807) is 6.07 Å². The predicted molar refractivity (Wildman–Crippen MR) is 72.4 cm³/mol. The quantitative estimate of drug-likeness (QED) is 0.671. The van der Waals surface area contributed by atoms with E-state index >= 15 is 0 Å². The Morgan fingerprint density at radius 2 is 1.72 bits per heavy atom. The lowest BCUT2D eigenvalue weighted by molar-refractivity contribution is 1.02. The summed E-state index contributed by atoms with van der Waals surface area (Å²) in [5.41, 5.74) is 1.38. The van der Waals surface area contributed by atoms with E-state index in [1.807, 2.05) is 47.0 Å². The zero-order valence-electron chi connectivity index (χ0n) is 9.38. The lowest BCUT2D eigenvalue weighted by Crippen LogP contribution is -2.11. The molecule has 0 radical (unpaired) electrons. The zero-order chi connectivity index (χ0) is 12.5. The summed E-state index contributed by atoms with van der Waals surface area (Å²) >= 11 is 6.17. The summed E-state index contributed by atoms with van der Waals surface area (Å²) in [5.74, 6) is 0. The molecule has 0 aliphatic rings. The van der Waals surface area contributed by atoms with Crippen molar-refractivity contribution in [2.75, 3.05) is 0 Å². The van der Waals surface area contributed by atoms with Gasteiger partial charge in [-0.15, -0.1) is 0 Å². The number of fused-ring (bicyclic) bond motifs is 1. The first-order valence-corrected chi connectivity index (χ1v) is 5.86. The van der Waals surface area contributed by atoms with Gasteiger partial charge >= 0.3 is 0 Å². The van der Waals surface area contributed by atoms with E-state index in [0.29, 0.717) is 10.4 Å². The first-order chi connectivity index (χ1) is 8.77. The number of aromatic nitrogens is 2. The number of hydrogen-bond donors (Lipinski definition) is 0. The van der Waals surface area contributed by atoms with Gasteiger partial charge in [0.25, 0.3) is 5.56 Å². The average molecular weight is 257 g/mol. The minimum atomic E-state index is -0.228. The first kappa shape index (κ1) is 11.0. The van der Waals surface area contributed by atoms with Crippen LogP contribution in [0.2, 0.25) is 5.02 Å². The summed E-state index contributed by atoms with van der Waals surface area (Å²) in [6.45, 7) is 0. The molecule has 2 aromatic carbocycles. The Kier molecular flexibility index (Phi) is 2.61. The standard InChI is InChI=1S/C14H9ClN2O/c15-11-6-2-4-8-13(11)17-9-16-14(18)10-5-1-3-7-12(10)17/h1-9H. The van der Waals surface area contributed by atoms with Crippen LogP contribution in [0, 0.1) is 0 Å². The second-order valence-corrected chi connectivity index (χ2v) is 4.30. The minimum Gasteiger partial charge on any atom is -0.299 e. The van der Waals surface area contributed by atoms with Gasteiger partial charge in [-0.3, -0.25) is 9.36 Å². The Bertz CT molecular complexity index is 780. The van der Waals surface area contributed by atoms with Gasteiger partial charge in [0.05, 0.1) is 21.6 Å². The van der Waals surface area contributed by atoms with Crippen LogP contribution in [0.3, 0.4) is 0 Å². The molecule has 1 aromatic heterocycles. The molecule has 3 aromatic rings. The van der Waals surface area contributed by atoms with Crippen LogP contribution in [-0.2, 0) is 0 Å². The highest BCUT2D eigenvalue weighted by molar-refractivity contribution is 6.32. The third kappa shape index (κ3) is 1.69. The van der Waals surface area contributed by atoms with E-state index in [2.05, 4.69) is 4.98 Å². The molecular weight excluding hydrogens is 248 g/mol. The van der Waals surface area contributed by atoms with Gasteiger partial charge in [-0.05, 0) is 24.3 Å². The first-order valence-electron chi connectivity index (χ1n) is 5.49. The van der Waals surface area contributed by atoms with Crippen molar-refractivity contribution < 1.29 is 0 Å². The topological polar surface area (TPSA) is 34.9 Å². The van der Waals surface area contributed by atoms with Gasteiger partial charge in [0, 0.05) is 0 Å². The van der Waals surface area contributed by atoms with Crippen LogP contribution in [0.5, 0.6) is 0 Å².